The van der Waals surface area contributed by atoms with Gasteiger partial charge in [0.05, 0.1) is 11.2 Å². The highest BCUT2D eigenvalue weighted by Crippen LogP contribution is 2.36. The van der Waals surface area contributed by atoms with Crippen LogP contribution in [-0.2, 0) is 14.1 Å². The molecule has 1 N–H and O–H groups in total. The molecule has 5 heteroatoms. The average molecular weight is 264 g/mol. The summed E-state index contributed by atoms with van der Waals surface area (Å²) in [7, 11) is -0.668. The quantitative estimate of drug-likeness (QED) is 0.830. The summed E-state index contributed by atoms with van der Waals surface area (Å²) < 4.78 is 33.3. The van der Waals surface area contributed by atoms with E-state index in [1.807, 2.05) is 27.7 Å². The molecule has 1 aromatic carbocycles. The number of rotatable bonds is 2. The Labute approximate surface area is 118 Å². The molecule has 1 aromatic rings. The van der Waals surface area contributed by atoms with Crippen molar-refractivity contribution >= 4 is 24.2 Å². The molecule has 1 fully saturated rings. The maximum absolute atomic E-state index is 11.7. The van der Waals surface area contributed by atoms with Crippen LogP contribution in [0, 0.1) is 0 Å². The third-order valence-corrected chi connectivity index (χ3v) is 3.72. The molecule has 0 spiro atoms. The topological polar surface area (TPSA) is 47.6 Å². The van der Waals surface area contributed by atoms with Crippen molar-refractivity contribution in [3.63, 3.8) is 0 Å². The first-order valence-electron chi connectivity index (χ1n) is 7.70. The number of carbonyl (C=O) groups excluding carboxylic acids is 1. The minimum atomic E-state index is -2.71. The van der Waals surface area contributed by atoms with E-state index in [-0.39, 0.29) is 0 Å². The maximum Gasteiger partial charge on any atom is 0.496 e. The summed E-state index contributed by atoms with van der Waals surface area (Å²) in [6.45, 7) is 5.00. The van der Waals surface area contributed by atoms with Gasteiger partial charge in [-0.15, -0.1) is 0 Å². The van der Waals surface area contributed by atoms with Gasteiger partial charge in [0, 0.05) is 22.1 Å². The van der Waals surface area contributed by atoms with E-state index in [0.29, 0.717) is 11.2 Å². The molecule has 0 atom stereocenters. The van der Waals surface area contributed by atoms with Crippen molar-refractivity contribution in [3.05, 3.63) is 24.3 Å². The predicted octanol–water partition coefficient (Wildman–Crippen LogP) is 1.94. The first kappa shape index (κ1) is 10.5. The molecule has 1 aliphatic heterocycles. The molecule has 1 heterocycles. The van der Waals surface area contributed by atoms with Crippen LogP contribution in [0.15, 0.2) is 24.3 Å². The average Bonchev–Trinajstić information content (AvgIpc) is 2.57. The maximum atomic E-state index is 11.7. The largest absolute Gasteiger partial charge is 0.496 e. The van der Waals surface area contributed by atoms with Crippen molar-refractivity contribution in [3.8, 4) is 0 Å². The Morgan fingerprint density at radius 3 is 2.37 bits per heavy atom. The zero-order valence-electron chi connectivity index (χ0n) is 14.6. The lowest BCUT2D eigenvalue weighted by Gasteiger charge is -2.32. The first-order valence-corrected chi connectivity index (χ1v) is 6.20. The zero-order valence-corrected chi connectivity index (χ0v) is 11.6. The fraction of sp³-hybridized carbons (Fsp3) is 0.500. The van der Waals surface area contributed by atoms with E-state index >= 15 is 0 Å². The van der Waals surface area contributed by atoms with E-state index < -0.39 is 31.1 Å². The molecule has 0 radical (unpaired) electrons. The van der Waals surface area contributed by atoms with Crippen LogP contribution < -0.4 is 10.8 Å². The number of amides is 1. The van der Waals surface area contributed by atoms with Gasteiger partial charge in [-0.25, -0.2) is 0 Å². The summed E-state index contributed by atoms with van der Waals surface area (Å²) in [6.07, 6.45) is 0. The van der Waals surface area contributed by atoms with Crippen LogP contribution in [0.5, 0.6) is 0 Å². The molecule has 0 saturated carbocycles. The van der Waals surface area contributed by atoms with Gasteiger partial charge in [-0.05, 0) is 33.8 Å². The molecule has 0 aromatic heterocycles. The molecule has 4 nitrogen and oxygen atoms in total. The second kappa shape index (κ2) is 4.65. The van der Waals surface area contributed by atoms with Crippen LogP contribution in [0.25, 0.3) is 0 Å². The van der Waals surface area contributed by atoms with Gasteiger partial charge in [0.2, 0.25) is 5.91 Å². The van der Waals surface area contributed by atoms with Crippen molar-refractivity contribution in [2.24, 2.45) is 0 Å². The Balaban J connectivity index is 2.29. The van der Waals surface area contributed by atoms with Crippen molar-refractivity contribution in [2.45, 2.75) is 45.7 Å². The second-order valence-corrected chi connectivity index (χ2v) is 5.63. The number of benzene rings is 1. The molecule has 1 saturated heterocycles. The summed E-state index contributed by atoms with van der Waals surface area (Å²) in [5, 5.41) is 2.42. The van der Waals surface area contributed by atoms with E-state index in [9.17, 15) is 4.79 Å². The van der Waals surface area contributed by atoms with Crippen LogP contribution >= 0.6 is 0 Å². The Hall–Kier alpha value is -1.33. The van der Waals surface area contributed by atoms with E-state index in [0.717, 1.165) is 0 Å². The molecule has 0 unspecified atom stereocenters. The lowest BCUT2D eigenvalue weighted by molar-refractivity contribution is -0.114. The molecule has 1 aliphatic rings. The molecular formula is C14H20BNO3. The minimum Gasteiger partial charge on any atom is -0.399 e. The number of hydrogen-bond acceptors (Lipinski definition) is 3. The third kappa shape index (κ3) is 2.67. The Kier molecular flexibility index (Phi) is 2.56. The van der Waals surface area contributed by atoms with Gasteiger partial charge in [-0.1, -0.05) is 18.2 Å². The molecule has 19 heavy (non-hydrogen) atoms. The Bertz CT molecular complexity index is 571. The van der Waals surface area contributed by atoms with Gasteiger partial charge in [0.1, 0.15) is 0 Å². The third-order valence-electron chi connectivity index (χ3n) is 3.72. The van der Waals surface area contributed by atoms with Gasteiger partial charge in [-0.2, -0.15) is 0 Å². The van der Waals surface area contributed by atoms with Gasteiger partial charge < -0.3 is 14.6 Å². The molecule has 102 valence electrons. The summed E-state index contributed by atoms with van der Waals surface area (Å²) in [5.74, 6) is -1.03. The molecule has 1 amide bonds. The van der Waals surface area contributed by atoms with Crippen LogP contribution in [0.1, 0.15) is 38.7 Å². The number of anilines is 1. The fourth-order valence-corrected chi connectivity index (χ4v) is 1.91. The first-order chi connectivity index (χ1) is 9.94. The summed E-state index contributed by atoms with van der Waals surface area (Å²) >= 11 is 0. The van der Waals surface area contributed by atoms with Crippen molar-refractivity contribution < 1.29 is 18.2 Å². The van der Waals surface area contributed by atoms with Crippen molar-refractivity contribution in [2.75, 3.05) is 5.32 Å². The van der Waals surface area contributed by atoms with Crippen LogP contribution in [0.2, 0.25) is 0 Å². The Morgan fingerprint density at radius 2 is 1.79 bits per heavy atom. The SMILES string of the molecule is [2H]C([2H])([2H])C(=O)Nc1ccccc1B1OC(C)(C)C(C)(C)O1. The van der Waals surface area contributed by atoms with Crippen molar-refractivity contribution in [1.82, 2.24) is 0 Å². The highest BCUT2D eigenvalue weighted by molar-refractivity contribution is 6.64. The molecule has 0 bridgehead atoms. The summed E-state index contributed by atoms with van der Waals surface area (Å²) in [6, 6.07) is 6.87. The van der Waals surface area contributed by atoms with Crippen LogP contribution in [-0.4, -0.2) is 24.2 Å². The van der Waals surface area contributed by atoms with Gasteiger partial charge >= 0.3 is 7.12 Å². The highest BCUT2D eigenvalue weighted by atomic mass is 16.7. The summed E-state index contributed by atoms with van der Waals surface area (Å²) in [4.78, 5) is 11.7. The molecular weight excluding hydrogens is 241 g/mol. The highest BCUT2D eigenvalue weighted by Gasteiger charge is 2.52. The smallest absolute Gasteiger partial charge is 0.399 e. The molecule has 2 rings (SSSR count). The van der Waals surface area contributed by atoms with Gasteiger partial charge in [0.25, 0.3) is 0 Å². The predicted molar refractivity (Wildman–Crippen MR) is 76.5 cm³/mol. The van der Waals surface area contributed by atoms with Crippen LogP contribution in [0.3, 0.4) is 0 Å². The zero-order chi connectivity index (χ0) is 16.8. The normalized spacial score (nSPS) is 23.4. The number of para-hydroxylation sites is 1. The van der Waals surface area contributed by atoms with Gasteiger partial charge in [-0.3, -0.25) is 4.79 Å². The Morgan fingerprint density at radius 1 is 1.21 bits per heavy atom. The second-order valence-electron chi connectivity index (χ2n) is 5.63. The monoisotopic (exact) mass is 264 g/mol. The van der Waals surface area contributed by atoms with E-state index in [4.69, 9.17) is 13.4 Å². The number of carbonyl (C=O) groups is 1. The van der Waals surface area contributed by atoms with Gasteiger partial charge in [0.15, 0.2) is 0 Å². The van der Waals surface area contributed by atoms with Crippen LogP contribution in [0.4, 0.5) is 5.69 Å². The lowest BCUT2D eigenvalue weighted by atomic mass is 9.78. The lowest BCUT2D eigenvalue weighted by Crippen LogP contribution is -2.41. The standard InChI is InChI=1S/C14H20BNO3/c1-10(17)16-12-9-7-6-8-11(12)15-18-13(2,3)14(4,5)19-15/h6-9H,1-5H3,(H,16,17)/i1D3. The number of hydrogen-bond donors (Lipinski definition) is 1. The van der Waals surface area contributed by atoms with E-state index in [1.54, 1.807) is 24.3 Å². The van der Waals surface area contributed by atoms with E-state index in [2.05, 4.69) is 5.32 Å². The van der Waals surface area contributed by atoms with Crippen molar-refractivity contribution in [1.29, 1.82) is 0 Å². The summed E-state index contributed by atoms with van der Waals surface area (Å²) in [5.41, 5.74) is -0.0571. The fourth-order valence-electron chi connectivity index (χ4n) is 1.91. The van der Waals surface area contributed by atoms with E-state index in [1.165, 1.54) is 0 Å². The molecule has 0 aliphatic carbocycles. The number of nitrogens with one attached hydrogen (secondary N) is 1. The minimum absolute atomic E-state index is 0.377.